The molecule has 3 rings (SSSR count). The minimum Gasteiger partial charge on any atom is -0.397 e. The Hall–Kier alpha value is -1.52. The van der Waals surface area contributed by atoms with Crippen LogP contribution in [0, 0.1) is 0 Å². The summed E-state index contributed by atoms with van der Waals surface area (Å²) < 4.78 is 1.06. The number of fused-ring (bicyclic) bond motifs is 1. The predicted octanol–water partition coefficient (Wildman–Crippen LogP) is 4.73. The summed E-state index contributed by atoms with van der Waals surface area (Å²) in [7, 11) is 0. The zero-order chi connectivity index (χ0) is 13.2. The number of pyridine rings is 1. The van der Waals surface area contributed by atoms with E-state index in [-0.39, 0.29) is 0 Å². The minimum absolute atomic E-state index is 0.712. The fourth-order valence-corrected chi connectivity index (χ4v) is 3.47. The van der Waals surface area contributed by atoms with Crippen LogP contribution < -0.4 is 5.73 Å². The normalized spacial score (nSPS) is 10.8. The number of benzene rings is 2. The molecular formula is C15H11BrN2S. The number of nitrogen functional groups attached to an aromatic ring is 1. The first kappa shape index (κ1) is 12.5. The van der Waals surface area contributed by atoms with Gasteiger partial charge in [-0.3, -0.25) is 4.98 Å². The highest BCUT2D eigenvalue weighted by Gasteiger charge is 2.08. The van der Waals surface area contributed by atoms with Crippen LogP contribution in [0.15, 0.2) is 69.0 Å². The van der Waals surface area contributed by atoms with Crippen LogP contribution in [0.25, 0.3) is 10.9 Å². The Morgan fingerprint density at radius 2 is 1.89 bits per heavy atom. The van der Waals surface area contributed by atoms with E-state index in [0.717, 1.165) is 25.2 Å². The molecule has 0 atom stereocenters. The van der Waals surface area contributed by atoms with Crippen molar-refractivity contribution in [1.82, 2.24) is 4.98 Å². The molecule has 0 saturated heterocycles. The van der Waals surface area contributed by atoms with E-state index in [2.05, 4.69) is 39.1 Å². The maximum absolute atomic E-state index is 6.08. The summed E-state index contributed by atoms with van der Waals surface area (Å²) in [5, 5.41) is 1.09. The first-order valence-electron chi connectivity index (χ1n) is 5.81. The van der Waals surface area contributed by atoms with E-state index >= 15 is 0 Å². The zero-order valence-corrected chi connectivity index (χ0v) is 12.4. The molecule has 0 spiro atoms. The van der Waals surface area contributed by atoms with Gasteiger partial charge in [-0.05, 0) is 24.3 Å². The van der Waals surface area contributed by atoms with Gasteiger partial charge >= 0.3 is 0 Å². The predicted molar refractivity (Wildman–Crippen MR) is 84.4 cm³/mol. The molecule has 2 N–H and O–H groups in total. The summed E-state index contributed by atoms with van der Waals surface area (Å²) in [6.07, 6.45) is 1.72. The summed E-state index contributed by atoms with van der Waals surface area (Å²) >= 11 is 5.15. The molecule has 0 aliphatic carbocycles. The van der Waals surface area contributed by atoms with Crippen LogP contribution in [0.2, 0.25) is 0 Å². The summed E-state index contributed by atoms with van der Waals surface area (Å²) in [4.78, 5) is 6.56. The standard InChI is InChI=1S/C15H11BrN2S/c16-10-4-3-5-11(8-10)19-15-12-6-1-2-7-14(12)18-9-13(15)17/h1-9H,17H2. The van der Waals surface area contributed by atoms with Crippen LogP contribution in [0.3, 0.4) is 0 Å². The maximum atomic E-state index is 6.08. The van der Waals surface area contributed by atoms with Crippen molar-refractivity contribution >= 4 is 44.3 Å². The molecule has 1 heterocycles. The van der Waals surface area contributed by atoms with Crippen LogP contribution in [-0.4, -0.2) is 4.98 Å². The molecule has 0 amide bonds. The van der Waals surface area contributed by atoms with Gasteiger partial charge in [-0.2, -0.15) is 0 Å². The first-order valence-corrected chi connectivity index (χ1v) is 7.41. The third kappa shape index (κ3) is 2.60. The molecule has 2 nitrogen and oxygen atoms in total. The Kier molecular flexibility index (Phi) is 3.44. The summed E-state index contributed by atoms with van der Waals surface area (Å²) in [5.41, 5.74) is 7.76. The van der Waals surface area contributed by atoms with E-state index in [1.54, 1.807) is 18.0 Å². The largest absolute Gasteiger partial charge is 0.397 e. The van der Waals surface area contributed by atoms with Gasteiger partial charge in [0, 0.05) is 19.6 Å². The Labute approximate surface area is 124 Å². The topological polar surface area (TPSA) is 38.9 Å². The lowest BCUT2D eigenvalue weighted by Gasteiger charge is -2.09. The van der Waals surface area contributed by atoms with Gasteiger partial charge < -0.3 is 5.73 Å². The van der Waals surface area contributed by atoms with Crippen molar-refractivity contribution in [1.29, 1.82) is 0 Å². The van der Waals surface area contributed by atoms with Gasteiger partial charge in [-0.25, -0.2) is 0 Å². The molecule has 0 bridgehead atoms. The number of nitrogens with two attached hydrogens (primary N) is 1. The number of hydrogen-bond donors (Lipinski definition) is 1. The van der Waals surface area contributed by atoms with Crippen molar-refractivity contribution in [3.05, 3.63) is 59.2 Å². The minimum atomic E-state index is 0.712. The third-order valence-electron chi connectivity index (χ3n) is 2.77. The second-order valence-corrected chi connectivity index (χ2v) is 6.12. The average Bonchev–Trinajstić information content (AvgIpc) is 2.42. The Morgan fingerprint density at radius 1 is 1.05 bits per heavy atom. The number of rotatable bonds is 2. The summed E-state index contributed by atoms with van der Waals surface area (Å²) in [5.74, 6) is 0. The Morgan fingerprint density at radius 3 is 2.74 bits per heavy atom. The van der Waals surface area contributed by atoms with Gasteiger partial charge in [-0.1, -0.05) is 52.0 Å². The number of para-hydroxylation sites is 1. The van der Waals surface area contributed by atoms with Gasteiger partial charge in [0.2, 0.25) is 0 Å². The SMILES string of the molecule is Nc1cnc2ccccc2c1Sc1cccc(Br)c1. The van der Waals surface area contributed by atoms with E-state index in [1.807, 2.05) is 30.3 Å². The highest BCUT2D eigenvalue weighted by Crippen LogP contribution is 2.37. The molecule has 0 saturated carbocycles. The van der Waals surface area contributed by atoms with Crippen LogP contribution in [-0.2, 0) is 0 Å². The number of halogens is 1. The van der Waals surface area contributed by atoms with Crippen molar-refractivity contribution in [2.75, 3.05) is 5.73 Å². The number of aromatic nitrogens is 1. The van der Waals surface area contributed by atoms with Gasteiger partial charge in [0.15, 0.2) is 0 Å². The zero-order valence-electron chi connectivity index (χ0n) is 10.0. The summed E-state index contributed by atoms with van der Waals surface area (Å²) in [6.45, 7) is 0. The Bertz CT molecular complexity index is 743. The van der Waals surface area contributed by atoms with Crippen molar-refractivity contribution in [3.63, 3.8) is 0 Å². The van der Waals surface area contributed by atoms with Crippen molar-refractivity contribution < 1.29 is 0 Å². The third-order valence-corrected chi connectivity index (χ3v) is 4.41. The fourth-order valence-electron chi connectivity index (χ4n) is 1.89. The second-order valence-electron chi connectivity index (χ2n) is 4.12. The second kappa shape index (κ2) is 5.23. The quantitative estimate of drug-likeness (QED) is 0.738. The molecule has 0 unspecified atom stereocenters. The van der Waals surface area contributed by atoms with Crippen molar-refractivity contribution in [3.8, 4) is 0 Å². The molecule has 94 valence electrons. The molecule has 19 heavy (non-hydrogen) atoms. The molecular weight excluding hydrogens is 320 g/mol. The van der Waals surface area contributed by atoms with Crippen LogP contribution in [0.1, 0.15) is 0 Å². The summed E-state index contributed by atoms with van der Waals surface area (Å²) in [6, 6.07) is 16.2. The molecule has 0 aliphatic heterocycles. The van der Waals surface area contributed by atoms with Crippen LogP contribution in [0.4, 0.5) is 5.69 Å². The maximum Gasteiger partial charge on any atom is 0.0715 e. The monoisotopic (exact) mass is 330 g/mol. The van der Waals surface area contributed by atoms with E-state index in [0.29, 0.717) is 5.69 Å². The van der Waals surface area contributed by atoms with E-state index < -0.39 is 0 Å². The fraction of sp³-hybridized carbons (Fsp3) is 0. The van der Waals surface area contributed by atoms with Crippen LogP contribution >= 0.6 is 27.7 Å². The number of anilines is 1. The lowest BCUT2D eigenvalue weighted by molar-refractivity contribution is 1.35. The molecule has 3 aromatic rings. The number of nitrogens with zero attached hydrogens (tertiary/aromatic N) is 1. The number of hydrogen-bond acceptors (Lipinski definition) is 3. The van der Waals surface area contributed by atoms with Gasteiger partial charge in [-0.15, -0.1) is 0 Å². The van der Waals surface area contributed by atoms with Crippen molar-refractivity contribution in [2.24, 2.45) is 0 Å². The Balaban J connectivity index is 2.12. The molecule has 0 aliphatic rings. The lowest BCUT2D eigenvalue weighted by Crippen LogP contribution is -1.92. The van der Waals surface area contributed by atoms with E-state index in [4.69, 9.17) is 5.73 Å². The molecule has 0 fully saturated rings. The van der Waals surface area contributed by atoms with E-state index in [1.165, 1.54) is 0 Å². The van der Waals surface area contributed by atoms with Crippen LogP contribution in [0.5, 0.6) is 0 Å². The van der Waals surface area contributed by atoms with Crippen molar-refractivity contribution in [2.45, 2.75) is 9.79 Å². The highest BCUT2D eigenvalue weighted by molar-refractivity contribution is 9.10. The van der Waals surface area contributed by atoms with Gasteiger partial charge in [0.25, 0.3) is 0 Å². The lowest BCUT2D eigenvalue weighted by atomic mass is 10.2. The molecule has 0 radical (unpaired) electrons. The molecule has 2 aromatic carbocycles. The van der Waals surface area contributed by atoms with Gasteiger partial charge in [0.05, 0.1) is 17.4 Å². The van der Waals surface area contributed by atoms with Gasteiger partial charge in [0.1, 0.15) is 0 Å². The first-order chi connectivity index (χ1) is 9.24. The smallest absolute Gasteiger partial charge is 0.0715 e. The molecule has 4 heteroatoms. The molecule has 1 aromatic heterocycles. The highest BCUT2D eigenvalue weighted by atomic mass is 79.9. The average molecular weight is 331 g/mol. The van der Waals surface area contributed by atoms with E-state index in [9.17, 15) is 0 Å².